The maximum atomic E-state index is 11.8. The van der Waals surface area contributed by atoms with E-state index >= 15 is 0 Å². The van der Waals surface area contributed by atoms with Gasteiger partial charge in [0.15, 0.2) is 5.60 Å². The molecule has 3 nitrogen and oxygen atoms in total. The predicted molar refractivity (Wildman–Crippen MR) is 52.5 cm³/mol. The van der Waals surface area contributed by atoms with Crippen molar-refractivity contribution in [2.75, 3.05) is 18.6 Å². The highest BCUT2D eigenvalue weighted by atomic mass is 35.5. The summed E-state index contributed by atoms with van der Waals surface area (Å²) in [5, 5.41) is 0.640. The van der Waals surface area contributed by atoms with Gasteiger partial charge in [0, 0.05) is 17.6 Å². The number of benzene rings is 1. The van der Waals surface area contributed by atoms with E-state index < -0.39 is 5.60 Å². The number of ether oxygens (including phenoxy) is 1. The van der Waals surface area contributed by atoms with Gasteiger partial charge in [0.1, 0.15) is 0 Å². The molecule has 1 spiro atoms. The summed E-state index contributed by atoms with van der Waals surface area (Å²) in [6.45, 7) is 0.476. The Morgan fingerprint density at radius 2 is 2.29 bits per heavy atom. The summed E-state index contributed by atoms with van der Waals surface area (Å²) in [6, 6.07) is 5.45. The van der Waals surface area contributed by atoms with Crippen LogP contribution >= 0.6 is 11.6 Å². The predicted octanol–water partition coefficient (Wildman–Crippen LogP) is 1.54. The van der Waals surface area contributed by atoms with Gasteiger partial charge in [0.05, 0.1) is 12.3 Å². The van der Waals surface area contributed by atoms with Gasteiger partial charge in [-0.1, -0.05) is 11.6 Å². The minimum Gasteiger partial charge on any atom is -0.354 e. The van der Waals surface area contributed by atoms with Crippen LogP contribution in [0.4, 0.5) is 5.69 Å². The van der Waals surface area contributed by atoms with Gasteiger partial charge < -0.3 is 9.64 Å². The van der Waals surface area contributed by atoms with Gasteiger partial charge in [-0.3, -0.25) is 4.79 Å². The highest BCUT2D eigenvalue weighted by Crippen LogP contribution is 2.50. The van der Waals surface area contributed by atoms with Crippen LogP contribution in [0.5, 0.6) is 0 Å². The fourth-order valence-electron chi connectivity index (χ4n) is 1.97. The lowest BCUT2D eigenvalue weighted by Crippen LogP contribution is -2.28. The third kappa shape index (κ3) is 0.792. The lowest BCUT2D eigenvalue weighted by Gasteiger charge is -2.08. The topological polar surface area (TPSA) is 32.8 Å². The van der Waals surface area contributed by atoms with Gasteiger partial charge >= 0.3 is 0 Å². The van der Waals surface area contributed by atoms with Gasteiger partial charge in [-0.05, 0) is 18.2 Å². The maximum Gasteiger partial charge on any atom is 0.266 e. The zero-order chi connectivity index (χ0) is 9.92. The lowest BCUT2D eigenvalue weighted by molar-refractivity contribution is -0.122. The van der Waals surface area contributed by atoms with E-state index in [2.05, 4.69) is 0 Å². The van der Waals surface area contributed by atoms with Crippen LogP contribution in [-0.4, -0.2) is 19.6 Å². The second-order valence-electron chi connectivity index (χ2n) is 3.64. The molecule has 2 aliphatic rings. The number of nitrogens with zero attached hydrogens (tertiary/aromatic N) is 1. The SMILES string of the molecule is CN1C(=O)C2(CO2)c2cc(Cl)ccc21. The van der Waals surface area contributed by atoms with Crippen molar-refractivity contribution in [3.8, 4) is 0 Å². The summed E-state index contributed by atoms with van der Waals surface area (Å²) < 4.78 is 5.27. The monoisotopic (exact) mass is 209 g/mol. The molecule has 0 N–H and O–H groups in total. The minimum absolute atomic E-state index is 0.00904. The number of likely N-dealkylation sites (N-methyl/N-ethyl adjacent to an activating group) is 1. The Morgan fingerprint density at radius 1 is 1.57 bits per heavy atom. The first-order valence-electron chi connectivity index (χ1n) is 4.37. The molecule has 0 radical (unpaired) electrons. The van der Waals surface area contributed by atoms with E-state index in [-0.39, 0.29) is 5.91 Å². The van der Waals surface area contributed by atoms with Crippen LogP contribution in [0.2, 0.25) is 5.02 Å². The molecule has 0 aromatic heterocycles. The van der Waals surface area contributed by atoms with Crippen molar-refractivity contribution in [1.82, 2.24) is 0 Å². The fourth-order valence-corrected chi connectivity index (χ4v) is 2.14. The first-order chi connectivity index (χ1) is 6.65. The molecule has 1 unspecified atom stereocenters. The molecule has 2 heterocycles. The van der Waals surface area contributed by atoms with E-state index in [9.17, 15) is 4.79 Å². The molecule has 4 heteroatoms. The Kier molecular flexibility index (Phi) is 1.36. The summed E-state index contributed by atoms with van der Waals surface area (Å²) >= 11 is 5.89. The van der Waals surface area contributed by atoms with Crippen molar-refractivity contribution in [1.29, 1.82) is 0 Å². The number of halogens is 1. The second-order valence-corrected chi connectivity index (χ2v) is 4.08. The van der Waals surface area contributed by atoms with Gasteiger partial charge in [-0.2, -0.15) is 0 Å². The quantitative estimate of drug-likeness (QED) is 0.608. The first-order valence-corrected chi connectivity index (χ1v) is 4.75. The molecule has 1 saturated heterocycles. The van der Waals surface area contributed by atoms with Crippen LogP contribution in [0, 0.1) is 0 Å². The smallest absolute Gasteiger partial charge is 0.266 e. The van der Waals surface area contributed by atoms with Crippen LogP contribution in [0.15, 0.2) is 18.2 Å². The number of anilines is 1. The Bertz CT molecular complexity index is 440. The van der Waals surface area contributed by atoms with Gasteiger partial charge in [-0.25, -0.2) is 0 Å². The molecule has 1 amide bonds. The molecule has 0 aliphatic carbocycles. The fraction of sp³-hybridized carbons (Fsp3) is 0.300. The Balaban J connectivity index is 2.27. The molecule has 1 aromatic carbocycles. The number of hydrogen-bond acceptors (Lipinski definition) is 2. The molecule has 3 rings (SSSR count). The van der Waals surface area contributed by atoms with E-state index in [1.807, 2.05) is 12.1 Å². The Labute approximate surface area is 86.2 Å². The highest BCUT2D eigenvalue weighted by molar-refractivity contribution is 6.31. The van der Waals surface area contributed by atoms with Crippen molar-refractivity contribution in [3.05, 3.63) is 28.8 Å². The van der Waals surface area contributed by atoms with E-state index in [0.29, 0.717) is 11.6 Å². The summed E-state index contributed by atoms with van der Waals surface area (Å²) in [7, 11) is 1.76. The highest BCUT2D eigenvalue weighted by Gasteiger charge is 2.60. The number of fused-ring (bicyclic) bond motifs is 2. The Morgan fingerprint density at radius 3 is 2.93 bits per heavy atom. The average Bonchev–Trinajstić information content (AvgIpc) is 2.93. The summed E-state index contributed by atoms with van der Waals surface area (Å²) in [5.41, 5.74) is 1.10. The summed E-state index contributed by atoms with van der Waals surface area (Å²) in [6.07, 6.45) is 0. The molecule has 2 aliphatic heterocycles. The maximum absolute atomic E-state index is 11.8. The number of epoxide rings is 1. The van der Waals surface area contributed by atoms with E-state index in [1.54, 1.807) is 18.0 Å². The molecule has 1 fully saturated rings. The first kappa shape index (κ1) is 8.26. The summed E-state index contributed by atoms with van der Waals surface area (Å²) in [5.74, 6) is 0.00904. The second kappa shape index (κ2) is 2.30. The van der Waals surface area contributed by atoms with Crippen molar-refractivity contribution >= 4 is 23.2 Å². The summed E-state index contributed by atoms with van der Waals surface area (Å²) in [4.78, 5) is 13.4. The van der Waals surface area contributed by atoms with Crippen LogP contribution < -0.4 is 4.90 Å². The van der Waals surface area contributed by atoms with Crippen LogP contribution in [0.3, 0.4) is 0 Å². The van der Waals surface area contributed by atoms with Crippen LogP contribution in [0.1, 0.15) is 5.56 Å². The van der Waals surface area contributed by atoms with Crippen LogP contribution in [-0.2, 0) is 15.1 Å². The molecule has 0 bridgehead atoms. The van der Waals surface area contributed by atoms with Crippen molar-refractivity contribution < 1.29 is 9.53 Å². The molecule has 1 atom stereocenters. The molecule has 72 valence electrons. The van der Waals surface area contributed by atoms with Crippen molar-refractivity contribution in [3.63, 3.8) is 0 Å². The largest absolute Gasteiger partial charge is 0.354 e. The Hall–Kier alpha value is -1.06. The normalized spacial score (nSPS) is 28.4. The zero-order valence-corrected chi connectivity index (χ0v) is 8.34. The minimum atomic E-state index is -0.699. The standard InChI is InChI=1S/C10H8ClNO2/c1-12-8-3-2-6(11)4-7(8)10(5-14-10)9(12)13/h2-4H,5H2,1H3. The van der Waals surface area contributed by atoms with E-state index in [1.165, 1.54) is 0 Å². The molecule has 1 aromatic rings. The molecule has 0 saturated carbocycles. The number of hydrogen-bond donors (Lipinski definition) is 0. The van der Waals surface area contributed by atoms with Crippen LogP contribution in [0.25, 0.3) is 0 Å². The number of amides is 1. The number of carbonyl (C=O) groups excluding carboxylic acids is 1. The number of rotatable bonds is 0. The van der Waals surface area contributed by atoms with Crippen molar-refractivity contribution in [2.24, 2.45) is 0 Å². The van der Waals surface area contributed by atoms with Gasteiger partial charge in [-0.15, -0.1) is 0 Å². The average molecular weight is 210 g/mol. The van der Waals surface area contributed by atoms with Crippen molar-refractivity contribution in [2.45, 2.75) is 5.60 Å². The molecular weight excluding hydrogens is 202 g/mol. The zero-order valence-electron chi connectivity index (χ0n) is 7.58. The number of carbonyl (C=O) groups is 1. The molecule has 14 heavy (non-hydrogen) atoms. The van der Waals surface area contributed by atoms with E-state index in [0.717, 1.165) is 11.3 Å². The molecular formula is C10H8ClNO2. The third-order valence-corrected chi connectivity index (χ3v) is 3.07. The van der Waals surface area contributed by atoms with Gasteiger partial charge in [0.2, 0.25) is 0 Å². The van der Waals surface area contributed by atoms with E-state index in [4.69, 9.17) is 16.3 Å². The third-order valence-electron chi connectivity index (χ3n) is 2.84. The van der Waals surface area contributed by atoms with Gasteiger partial charge in [0.25, 0.3) is 5.91 Å². The lowest BCUT2D eigenvalue weighted by atomic mass is 10.0.